The van der Waals surface area contributed by atoms with Crippen LogP contribution in [-0.4, -0.2) is 15.8 Å². The lowest BCUT2D eigenvalue weighted by Crippen LogP contribution is -1.99. The Bertz CT molecular complexity index is 266. The van der Waals surface area contributed by atoms with Crippen molar-refractivity contribution in [3.63, 3.8) is 0 Å². The van der Waals surface area contributed by atoms with E-state index >= 15 is 0 Å². The normalized spacial score (nSPS) is 9.83. The lowest BCUT2D eigenvalue weighted by molar-refractivity contribution is 0.101. The van der Waals surface area contributed by atoms with E-state index < -0.39 is 0 Å². The van der Waals surface area contributed by atoms with Crippen molar-refractivity contribution >= 4 is 5.78 Å². The summed E-state index contributed by atoms with van der Waals surface area (Å²) >= 11 is 0. The molecule has 0 saturated heterocycles. The first kappa shape index (κ1) is 8.84. The highest BCUT2D eigenvalue weighted by molar-refractivity contribution is 5.91. The number of nitrogens with zero attached hydrogens (tertiary/aromatic N) is 2. The highest BCUT2D eigenvalue weighted by Crippen LogP contribution is 1.98. The standard InChI is InChI=1S/C9H12N2O/c1-3-4-8-5-11-9(6-10-8)7(2)12/h5-6H,3-4H2,1-2H3. The van der Waals surface area contributed by atoms with E-state index in [0.717, 1.165) is 18.5 Å². The summed E-state index contributed by atoms with van der Waals surface area (Å²) in [6.45, 7) is 3.57. The topological polar surface area (TPSA) is 42.9 Å². The number of aryl methyl sites for hydroxylation is 1. The van der Waals surface area contributed by atoms with Gasteiger partial charge in [0.1, 0.15) is 5.69 Å². The van der Waals surface area contributed by atoms with Crippen molar-refractivity contribution in [3.8, 4) is 0 Å². The minimum absolute atomic E-state index is 0.0365. The van der Waals surface area contributed by atoms with Gasteiger partial charge in [-0.1, -0.05) is 13.3 Å². The van der Waals surface area contributed by atoms with Crippen molar-refractivity contribution < 1.29 is 4.79 Å². The van der Waals surface area contributed by atoms with Crippen molar-refractivity contribution in [2.24, 2.45) is 0 Å². The minimum Gasteiger partial charge on any atom is -0.293 e. The van der Waals surface area contributed by atoms with E-state index in [1.807, 2.05) is 0 Å². The van der Waals surface area contributed by atoms with Crippen LogP contribution in [0.25, 0.3) is 0 Å². The molecule has 0 fully saturated rings. The Morgan fingerprint density at radius 1 is 1.42 bits per heavy atom. The molecule has 3 nitrogen and oxygen atoms in total. The van der Waals surface area contributed by atoms with Crippen LogP contribution in [0.5, 0.6) is 0 Å². The van der Waals surface area contributed by atoms with E-state index in [1.54, 1.807) is 6.20 Å². The van der Waals surface area contributed by atoms with Gasteiger partial charge in [-0.3, -0.25) is 9.78 Å². The summed E-state index contributed by atoms with van der Waals surface area (Å²) in [7, 11) is 0. The summed E-state index contributed by atoms with van der Waals surface area (Å²) in [5.41, 5.74) is 1.39. The zero-order valence-corrected chi connectivity index (χ0v) is 7.37. The van der Waals surface area contributed by atoms with Crippen LogP contribution < -0.4 is 0 Å². The SMILES string of the molecule is CCCc1cnc(C(C)=O)cn1. The molecule has 0 bridgehead atoms. The van der Waals surface area contributed by atoms with Crippen LogP contribution in [0.2, 0.25) is 0 Å². The van der Waals surface area contributed by atoms with Crippen LogP contribution in [0, 0.1) is 0 Å². The molecule has 0 atom stereocenters. The molecule has 0 radical (unpaired) electrons. The molecule has 0 aliphatic rings. The average molecular weight is 164 g/mol. The summed E-state index contributed by atoms with van der Waals surface area (Å²) in [5.74, 6) is -0.0365. The van der Waals surface area contributed by atoms with Gasteiger partial charge in [0, 0.05) is 13.1 Å². The van der Waals surface area contributed by atoms with Gasteiger partial charge in [-0.25, -0.2) is 4.98 Å². The van der Waals surface area contributed by atoms with Gasteiger partial charge in [0.25, 0.3) is 0 Å². The van der Waals surface area contributed by atoms with E-state index in [1.165, 1.54) is 13.1 Å². The summed E-state index contributed by atoms with van der Waals surface area (Å²) < 4.78 is 0. The Morgan fingerprint density at radius 2 is 2.17 bits per heavy atom. The fraction of sp³-hybridized carbons (Fsp3) is 0.444. The van der Waals surface area contributed by atoms with Gasteiger partial charge in [0.15, 0.2) is 5.78 Å². The first-order valence-corrected chi connectivity index (χ1v) is 4.06. The largest absolute Gasteiger partial charge is 0.293 e. The fourth-order valence-corrected chi connectivity index (χ4v) is 0.922. The lowest BCUT2D eigenvalue weighted by atomic mass is 10.2. The van der Waals surface area contributed by atoms with Gasteiger partial charge in [0.2, 0.25) is 0 Å². The number of rotatable bonds is 3. The Balaban J connectivity index is 2.78. The number of carbonyl (C=O) groups excluding carboxylic acids is 1. The van der Waals surface area contributed by atoms with Crippen LogP contribution in [0.15, 0.2) is 12.4 Å². The molecular formula is C9H12N2O. The lowest BCUT2D eigenvalue weighted by Gasteiger charge is -1.97. The van der Waals surface area contributed by atoms with Gasteiger partial charge in [0.05, 0.1) is 11.9 Å². The highest BCUT2D eigenvalue weighted by Gasteiger charge is 2.00. The van der Waals surface area contributed by atoms with Gasteiger partial charge in [-0.2, -0.15) is 0 Å². The molecule has 0 saturated carbocycles. The summed E-state index contributed by atoms with van der Waals surface area (Å²) in [5, 5.41) is 0. The van der Waals surface area contributed by atoms with Crippen molar-refractivity contribution in [2.75, 3.05) is 0 Å². The third kappa shape index (κ3) is 2.12. The molecule has 0 N–H and O–H groups in total. The van der Waals surface area contributed by atoms with E-state index in [9.17, 15) is 4.79 Å². The first-order valence-electron chi connectivity index (χ1n) is 4.06. The molecule has 1 aromatic heterocycles. The molecule has 0 aliphatic carbocycles. The number of carbonyl (C=O) groups is 1. The van der Waals surface area contributed by atoms with E-state index in [2.05, 4.69) is 16.9 Å². The number of Topliss-reactive ketones (excluding diaryl/α,β-unsaturated/α-hetero) is 1. The molecule has 3 heteroatoms. The van der Waals surface area contributed by atoms with E-state index in [-0.39, 0.29) is 5.78 Å². The maximum atomic E-state index is 10.8. The van der Waals surface area contributed by atoms with E-state index in [0.29, 0.717) is 5.69 Å². The Kier molecular flexibility index (Phi) is 2.91. The molecule has 12 heavy (non-hydrogen) atoms. The van der Waals surface area contributed by atoms with Crippen LogP contribution in [-0.2, 0) is 6.42 Å². The second kappa shape index (κ2) is 3.95. The second-order valence-electron chi connectivity index (χ2n) is 2.70. The summed E-state index contributed by atoms with van der Waals surface area (Å²) in [4.78, 5) is 18.9. The van der Waals surface area contributed by atoms with Crippen LogP contribution in [0.3, 0.4) is 0 Å². The molecule has 0 aromatic carbocycles. The summed E-state index contributed by atoms with van der Waals surface area (Å²) in [6.07, 6.45) is 5.17. The first-order chi connectivity index (χ1) is 5.74. The van der Waals surface area contributed by atoms with Crippen LogP contribution in [0.1, 0.15) is 36.5 Å². The monoisotopic (exact) mass is 164 g/mol. The third-order valence-electron chi connectivity index (χ3n) is 1.57. The number of hydrogen-bond donors (Lipinski definition) is 0. The van der Waals surface area contributed by atoms with Gasteiger partial charge in [-0.05, 0) is 6.42 Å². The van der Waals surface area contributed by atoms with Gasteiger partial charge in [-0.15, -0.1) is 0 Å². The van der Waals surface area contributed by atoms with Gasteiger partial charge < -0.3 is 0 Å². The molecule has 0 amide bonds. The second-order valence-corrected chi connectivity index (χ2v) is 2.70. The van der Waals surface area contributed by atoms with E-state index in [4.69, 9.17) is 0 Å². The third-order valence-corrected chi connectivity index (χ3v) is 1.57. The molecule has 0 aliphatic heterocycles. The number of ketones is 1. The Hall–Kier alpha value is -1.25. The highest BCUT2D eigenvalue weighted by atomic mass is 16.1. The maximum Gasteiger partial charge on any atom is 0.179 e. The minimum atomic E-state index is -0.0365. The molecule has 0 spiro atoms. The predicted octanol–water partition coefficient (Wildman–Crippen LogP) is 1.63. The molecule has 64 valence electrons. The van der Waals surface area contributed by atoms with Crippen molar-refractivity contribution in [1.29, 1.82) is 0 Å². The molecule has 1 heterocycles. The molecular weight excluding hydrogens is 152 g/mol. The summed E-state index contributed by atoms with van der Waals surface area (Å²) in [6, 6.07) is 0. The Labute approximate surface area is 71.9 Å². The zero-order chi connectivity index (χ0) is 8.97. The predicted molar refractivity (Wildman–Crippen MR) is 46.0 cm³/mol. The number of aromatic nitrogens is 2. The molecule has 0 unspecified atom stereocenters. The fourth-order valence-electron chi connectivity index (χ4n) is 0.922. The van der Waals surface area contributed by atoms with Gasteiger partial charge >= 0.3 is 0 Å². The van der Waals surface area contributed by atoms with Crippen LogP contribution in [0.4, 0.5) is 0 Å². The van der Waals surface area contributed by atoms with Crippen molar-refractivity contribution in [1.82, 2.24) is 9.97 Å². The van der Waals surface area contributed by atoms with Crippen molar-refractivity contribution in [2.45, 2.75) is 26.7 Å². The smallest absolute Gasteiger partial charge is 0.179 e. The zero-order valence-electron chi connectivity index (χ0n) is 7.37. The average Bonchev–Trinajstić information content (AvgIpc) is 2.06. The number of hydrogen-bond acceptors (Lipinski definition) is 3. The van der Waals surface area contributed by atoms with Crippen LogP contribution >= 0.6 is 0 Å². The molecule has 1 aromatic rings. The quantitative estimate of drug-likeness (QED) is 0.638. The molecule has 1 rings (SSSR count). The van der Waals surface area contributed by atoms with Crippen molar-refractivity contribution in [3.05, 3.63) is 23.8 Å². The maximum absolute atomic E-state index is 10.8. The Morgan fingerprint density at radius 3 is 2.58 bits per heavy atom.